The van der Waals surface area contributed by atoms with Crippen molar-refractivity contribution in [3.8, 4) is 0 Å². The Hall–Kier alpha value is -2.12. The molecule has 3 rings (SSSR count). The first-order valence-electron chi connectivity index (χ1n) is 8.78. The number of aromatic nitrogens is 3. The van der Waals surface area contributed by atoms with E-state index in [1.807, 2.05) is 18.3 Å². The van der Waals surface area contributed by atoms with Gasteiger partial charge in [-0.2, -0.15) is 0 Å². The molecule has 0 radical (unpaired) electrons. The Balaban J connectivity index is 1.64. The number of hydrogen-bond donors (Lipinski definition) is 2. The van der Waals surface area contributed by atoms with Crippen LogP contribution in [0.4, 0.5) is 11.6 Å². The van der Waals surface area contributed by atoms with E-state index in [0.29, 0.717) is 6.04 Å². The van der Waals surface area contributed by atoms with Gasteiger partial charge in [0.15, 0.2) is 0 Å². The van der Waals surface area contributed by atoms with Gasteiger partial charge in [0.1, 0.15) is 18.0 Å². The molecule has 0 aromatic carbocycles. The second-order valence-corrected chi connectivity index (χ2v) is 6.80. The van der Waals surface area contributed by atoms with E-state index in [-0.39, 0.29) is 6.10 Å². The number of rotatable bonds is 8. The normalized spacial score (nSPS) is 20.4. The summed E-state index contributed by atoms with van der Waals surface area (Å²) in [4.78, 5) is 16.6. The first-order valence-corrected chi connectivity index (χ1v) is 8.78. The molecular formula is C18H28N6O. The number of H-pyrrole nitrogens is 1. The third-order valence-corrected chi connectivity index (χ3v) is 4.60. The van der Waals surface area contributed by atoms with E-state index in [4.69, 9.17) is 4.74 Å². The van der Waals surface area contributed by atoms with Gasteiger partial charge in [0.2, 0.25) is 0 Å². The van der Waals surface area contributed by atoms with Crippen molar-refractivity contribution in [2.45, 2.75) is 25.0 Å². The number of anilines is 2. The van der Waals surface area contributed by atoms with E-state index in [1.54, 1.807) is 13.4 Å². The number of nitrogens with one attached hydrogen (secondary N) is 2. The molecule has 7 heteroatoms. The van der Waals surface area contributed by atoms with E-state index >= 15 is 0 Å². The summed E-state index contributed by atoms with van der Waals surface area (Å²) in [5.41, 5.74) is 1.22. The summed E-state index contributed by atoms with van der Waals surface area (Å²) < 4.78 is 5.59. The molecule has 0 bridgehead atoms. The molecule has 25 heavy (non-hydrogen) atoms. The van der Waals surface area contributed by atoms with Crippen molar-refractivity contribution >= 4 is 11.6 Å². The van der Waals surface area contributed by atoms with Gasteiger partial charge in [-0.1, -0.05) is 0 Å². The quantitative estimate of drug-likeness (QED) is 0.758. The maximum atomic E-state index is 5.59. The van der Waals surface area contributed by atoms with E-state index in [2.05, 4.69) is 50.2 Å². The molecule has 0 saturated carbocycles. The summed E-state index contributed by atoms with van der Waals surface area (Å²) in [6.07, 6.45) is 5.80. The number of ether oxygens (including phenoxy) is 1. The van der Waals surface area contributed by atoms with Gasteiger partial charge in [-0.05, 0) is 32.6 Å². The highest BCUT2D eigenvalue weighted by atomic mass is 16.5. The lowest BCUT2D eigenvalue weighted by atomic mass is 10.2. The van der Waals surface area contributed by atoms with Crippen LogP contribution in [0, 0.1) is 0 Å². The van der Waals surface area contributed by atoms with E-state index < -0.39 is 0 Å². The van der Waals surface area contributed by atoms with Crippen LogP contribution in [-0.2, 0) is 11.2 Å². The van der Waals surface area contributed by atoms with Crippen molar-refractivity contribution in [2.75, 3.05) is 51.1 Å². The third kappa shape index (κ3) is 4.70. The molecule has 1 fully saturated rings. The van der Waals surface area contributed by atoms with E-state index in [0.717, 1.165) is 44.1 Å². The molecule has 1 saturated heterocycles. The number of nitrogens with zero attached hydrogens (tertiary/aromatic N) is 4. The second kappa shape index (κ2) is 8.31. The van der Waals surface area contributed by atoms with Crippen molar-refractivity contribution in [3.63, 3.8) is 0 Å². The van der Waals surface area contributed by atoms with E-state index in [1.165, 1.54) is 5.69 Å². The maximum Gasteiger partial charge on any atom is 0.134 e. The molecule has 136 valence electrons. The van der Waals surface area contributed by atoms with Crippen LogP contribution in [0.2, 0.25) is 0 Å². The van der Waals surface area contributed by atoms with Crippen molar-refractivity contribution in [3.05, 3.63) is 36.4 Å². The molecule has 3 heterocycles. The van der Waals surface area contributed by atoms with Crippen molar-refractivity contribution < 1.29 is 4.74 Å². The molecule has 1 aliphatic rings. The van der Waals surface area contributed by atoms with Gasteiger partial charge in [-0.15, -0.1) is 0 Å². The highest BCUT2D eigenvalue weighted by molar-refractivity contribution is 5.50. The molecule has 2 aromatic heterocycles. The standard InChI is InChI=1S/C18H28N6O/c1-23(2)11-15-9-16(25-3)12-24(15)18-10-17(21-13-22-18)20-8-6-14-5-4-7-19-14/h4-5,7,10,13,15-16,19H,6,8-9,11-12H2,1-3H3,(H,20,21,22)/t15-,16-/m0/s1. The molecule has 0 spiro atoms. The van der Waals surface area contributed by atoms with Gasteiger partial charge in [-0.25, -0.2) is 9.97 Å². The fourth-order valence-electron chi connectivity index (χ4n) is 3.37. The van der Waals surface area contributed by atoms with Crippen molar-refractivity contribution in [1.29, 1.82) is 0 Å². The van der Waals surface area contributed by atoms with Crippen LogP contribution in [0.1, 0.15) is 12.1 Å². The Bertz CT molecular complexity index is 645. The van der Waals surface area contributed by atoms with Crippen LogP contribution in [0.25, 0.3) is 0 Å². The molecule has 2 N–H and O–H groups in total. The minimum Gasteiger partial charge on any atom is -0.380 e. The molecular weight excluding hydrogens is 316 g/mol. The minimum atomic E-state index is 0.254. The topological polar surface area (TPSA) is 69.3 Å². The summed E-state index contributed by atoms with van der Waals surface area (Å²) in [5.74, 6) is 1.82. The lowest BCUT2D eigenvalue weighted by Crippen LogP contribution is -2.38. The van der Waals surface area contributed by atoms with Gasteiger partial charge < -0.3 is 24.8 Å². The Kier molecular flexibility index (Phi) is 5.88. The molecule has 7 nitrogen and oxygen atoms in total. The van der Waals surface area contributed by atoms with Crippen molar-refractivity contribution in [2.24, 2.45) is 0 Å². The van der Waals surface area contributed by atoms with Gasteiger partial charge in [0.05, 0.1) is 6.10 Å². The molecule has 0 aliphatic carbocycles. The maximum absolute atomic E-state index is 5.59. The van der Waals surface area contributed by atoms with Gasteiger partial charge in [-0.3, -0.25) is 0 Å². The van der Waals surface area contributed by atoms with Crippen molar-refractivity contribution in [1.82, 2.24) is 19.9 Å². The second-order valence-electron chi connectivity index (χ2n) is 6.80. The smallest absolute Gasteiger partial charge is 0.134 e. The Labute approximate surface area is 149 Å². The minimum absolute atomic E-state index is 0.254. The lowest BCUT2D eigenvalue weighted by Gasteiger charge is -2.27. The Morgan fingerprint density at radius 3 is 3.00 bits per heavy atom. The summed E-state index contributed by atoms with van der Waals surface area (Å²) in [6, 6.07) is 6.55. The average molecular weight is 344 g/mol. The average Bonchev–Trinajstić information content (AvgIpc) is 3.24. The number of likely N-dealkylation sites (N-methyl/N-ethyl adjacent to an activating group) is 1. The largest absolute Gasteiger partial charge is 0.380 e. The van der Waals surface area contributed by atoms with Gasteiger partial charge in [0, 0.05) is 57.2 Å². The van der Waals surface area contributed by atoms with Crippen LogP contribution in [0.5, 0.6) is 0 Å². The van der Waals surface area contributed by atoms with Crippen LogP contribution >= 0.6 is 0 Å². The summed E-state index contributed by atoms with van der Waals surface area (Å²) in [7, 11) is 5.99. The monoisotopic (exact) mass is 344 g/mol. The Morgan fingerprint density at radius 2 is 2.28 bits per heavy atom. The summed E-state index contributed by atoms with van der Waals surface area (Å²) in [5, 5.41) is 3.39. The number of aromatic amines is 1. The molecule has 0 amide bonds. The lowest BCUT2D eigenvalue weighted by molar-refractivity contribution is 0.117. The van der Waals surface area contributed by atoms with Crippen LogP contribution in [-0.4, -0.2) is 72.8 Å². The van der Waals surface area contributed by atoms with Crippen LogP contribution in [0.15, 0.2) is 30.7 Å². The first-order chi connectivity index (χ1) is 12.2. The highest BCUT2D eigenvalue weighted by Gasteiger charge is 2.33. The number of hydrogen-bond acceptors (Lipinski definition) is 6. The predicted octanol–water partition coefficient (Wildman–Crippen LogP) is 1.61. The molecule has 1 aliphatic heterocycles. The summed E-state index contributed by atoms with van der Waals surface area (Å²) in [6.45, 7) is 2.69. The fraction of sp³-hybridized carbons (Fsp3) is 0.556. The van der Waals surface area contributed by atoms with Crippen LogP contribution < -0.4 is 10.2 Å². The third-order valence-electron chi connectivity index (χ3n) is 4.60. The highest BCUT2D eigenvalue weighted by Crippen LogP contribution is 2.26. The van der Waals surface area contributed by atoms with Crippen LogP contribution in [0.3, 0.4) is 0 Å². The zero-order valence-electron chi connectivity index (χ0n) is 15.3. The number of methoxy groups -OCH3 is 1. The fourth-order valence-corrected chi connectivity index (χ4v) is 3.37. The van der Waals surface area contributed by atoms with Gasteiger partial charge in [0.25, 0.3) is 0 Å². The SMILES string of the molecule is CO[C@H]1C[C@@H](CN(C)C)N(c2cc(NCCc3ccc[nH]3)ncn2)C1. The van der Waals surface area contributed by atoms with E-state index in [9.17, 15) is 0 Å². The zero-order valence-corrected chi connectivity index (χ0v) is 15.3. The van der Waals surface area contributed by atoms with Gasteiger partial charge >= 0.3 is 0 Å². The molecule has 0 unspecified atom stereocenters. The first kappa shape index (κ1) is 17.7. The predicted molar refractivity (Wildman–Crippen MR) is 100 cm³/mol. The molecule has 2 atom stereocenters. The molecule has 2 aromatic rings. The summed E-state index contributed by atoms with van der Waals surface area (Å²) >= 11 is 0. The Morgan fingerprint density at radius 1 is 1.40 bits per heavy atom. The zero-order chi connectivity index (χ0) is 17.6.